The summed E-state index contributed by atoms with van der Waals surface area (Å²) in [4.78, 5) is 17.8. The van der Waals surface area contributed by atoms with Gasteiger partial charge in [0.1, 0.15) is 5.82 Å². The molecule has 1 heterocycles. The molecule has 117 valence electrons. The molecule has 0 aliphatic heterocycles. The van der Waals surface area contributed by atoms with Crippen LogP contribution in [0.5, 0.6) is 0 Å². The normalized spacial score (nSPS) is 5.95. The third-order valence-corrected chi connectivity index (χ3v) is 1.66. The molecule has 0 saturated heterocycles. The topological polar surface area (TPSA) is 116 Å². The van der Waals surface area contributed by atoms with Crippen molar-refractivity contribution < 1.29 is 40.5 Å². The van der Waals surface area contributed by atoms with Gasteiger partial charge in [0.15, 0.2) is 0 Å². The van der Waals surface area contributed by atoms with Crippen LogP contribution in [0.25, 0.3) is 0 Å². The minimum absolute atomic E-state index is 0. The van der Waals surface area contributed by atoms with Crippen LogP contribution in [0.15, 0.2) is 18.2 Å². The standard InChI is InChI=1S/C9H12N3O.4CO.Mn/c1-11(2)8-5-4-6-9(10-8)12(3)7-13;4*1-2;/h4-6H,1-3H3;;;;;/q-1;;;;;. The third kappa shape index (κ3) is 16.0. The predicted octanol–water partition coefficient (Wildman–Crippen LogP) is 0.498. The van der Waals surface area contributed by atoms with E-state index in [0.29, 0.717) is 5.82 Å². The minimum Gasteiger partial charge on any atom is 0 e. The van der Waals surface area contributed by atoms with E-state index >= 15 is 0 Å². The van der Waals surface area contributed by atoms with Crippen LogP contribution in [0.4, 0.5) is 11.6 Å². The van der Waals surface area contributed by atoms with Gasteiger partial charge >= 0.3 is 45.2 Å². The summed E-state index contributed by atoms with van der Waals surface area (Å²) in [6.07, 6.45) is 1.75. The number of hydrogen-bond donors (Lipinski definition) is 0. The van der Waals surface area contributed by atoms with E-state index in [9.17, 15) is 4.79 Å². The molecule has 1 radical (unpaired) electrons. The van der Waals surface area contributed by atoms with Gasteiger partial charge in [-0.05, 0) is 18.9 Å². The van der Waals surface area contributed by atoms with Gasteiger partial charge in [-0.1, -0.05) is 6.07 Å². The molecule has 0 fully saturated rings. The molecule has 8 nitrogen and oxygen atoms in total. The van der Waals surface area contributed by atoms with Crippen LogP contribution >= 0.6 is 0 Å². The number of amides is 1. The van der Waals surface area contributed by atoms with Crippen LogP contribution in [0.1, 0.15) is 0 Å². The first-order valence-corrected chi connectivity index (χ1v) is 4.72. The Bertz CT molecular complexity index is 434. The Hall–Kier alpha value is -2.10. The molecule has 0 aromatic carbocycles. The molecule has 0 N–H and O–H groups in total. The van der Waals surface area contributed by atoms with Crippen molar-refractivity contribution in [2.24, 2.45) is 0 Å². The van der Waals surface area contributed by atoms with Gasteiger partial charge < -0.3 is 19.6 Å². The van der Waals surface area contributed by atoms with Crippen molar-refractivity contribution in [1.82, 2.24) is 4.98 Å². The Balaban J connectivity index is -0.0000000932. The zero-order valence-corrected chi connectivity index (χ0v) is 13.2. The molecule has 1 amide bonds. The fourth-order valence-electron chi connectivity index (χ4n) is 0.895. The molecule has 0 spiro atoms. The Morgan fingerprint density at radius 3 is 1.59 bits per heavy atom. The van der Waals surface area contributed by atoms with Crippen molar-refractivity contribution >= 4 is 18.0 Å². The molecule has 1 aromatic heterocycles. The molecule has 0 aliphatic carbocycles. The van der Waals surface area contributed by atoms with Gasteiger partial charge in [-0.15, -0.1) is 6.07 Å². The summed E-state index contributed by atoms with van der Waals surface area (Å²) < 4.78 is 30.0. The van der Waals surface area contributed by atoms with Gasteiger partial charge in [0.25, 0.3) is 0 Å². The zero-order valence-electron chi connectivity index (χ0n) is 12.0. The van der Waals surface area contributed by atoms with Crippen LogP contribution in [0, 0.1) is 26.6 Å². The summed E-state index contributed by atoms with van der Waals surface area (Å²) in [6.45, 7) is 18.0. The van der Waals surface area contributed by atoms with Crippen LogP contribution in [0.2, 0.25) is 0 Å². The maximum atomic E-state index is 10.3. The molecule has 1 rings (SSSR count). The summed E-state index contributed by atoms with van der Waals surface area (Å²) in [5.74, 6) is 1.42. The van der Waals surface area contributed by atoms with Gasteiger partial charge in [0, 0.05) is 31.2 Å². The summed E-state index contributed by atoms with van der Waals surface area (Å²) in [7, 11) is 5.42. The number of aromatic nitrogens is 1. The largest absolute Gasteiger partial charge is 0 e. The molecule has 0 bridgehead atoms. The van der Waals surface area contributed by atoms with E-state index < -0.39 is 0 Å². The Kier molecular flexibility index (Phi) is 39.7. The van der Waals surface area contributed by atoms with Crippen molar-refractivity contribution in [3.8, 4) is 0 Å². The van der Waals surface area contributed by atoms with Crippen molar-refractivity contribution in [2.45, 2.75) is 0 Å². The SMILES string of the molecule is CN(C)c1cccc(N(C)[C-]=O)n1.[C-]#[O+].[C-]#[O+].[C-]#[O+].[C-]#[O+].[Mn]. The van der Waals surface area contributed by atoms with Gasteiger partial charge in [0.05, 0.1) is 6.41 Å². The van der Waals surface area contributed by atoms with Crippen molar-refractivity contribution in [1.29, 1.82) is 0 Å². The average Bonchev–Trinajstić information content (AvgIpc) is 2.61. The van der Waals surface area contributed by atoms with E-state index in [4.69, 9.17) is 18.6 Å². The number of nitrogens with zero attached hydrogens (tertiary/aromatic N) is 3. The number of pyridine rings is 1. The Labute approximate surface area is 139 Å². The first-order chi connectivity index (χ1) is 10.1. The number of anilines is 2. The number of rotatable bonds is 3. The first kappa shape index (κ1) is 32.0. The van der Waals surface area contributed by atoms with E-state index in [1.54, 1.807) is 19.5 Å². The monoisotopic (exact) mass is 345 g/mol. The molecule has 0 aliphatic rings. The number of hydrogen-bond acceptors (Lipinski definition) is 3. The van der Waals surface area contributed by atoms with E-state index in [0.717, 1.165) is 5.82 Å². The fraction of sp³-hybridized carbons (Fsp3) is 0.231. The molecular formula is C13H12MnN3O5-. The third-order valence-electron chi connectivity index (χ3n) is 1.66. The van der Waals surface area contributed by atoms with E-state index in [-0.39, 0.29) is 17.1 Å². The van der Waals surface area contributed by atoms with E-state index in [1.807, 2.05) is 31.1 Å². The Morgan fingerprint density at radius 1 is 0.909 bits per heavy atom. The molecule has 1 aromatic rings. The fourth-order valence-corrected chi connectivity index (χ4v) is 0.895. The van der Waals surface area contributed by atoms with E-state index in [1.165, 1.54) is 4.90 Å². The summed E-state index contributed by atoms with van der Waals surface area (Å²) in [6, 6.07) is 5.49. The van der Waals surface area contributed by atoms with E-state index in [2.05, 4.69) is 31.6 Å². The number of carbonyl (C=O) groups excluding carboxylic acids is 1. The van der Waals surface area contributed by atoms with Gasteiger partial charge in [0.2, 0.25) is 0 Å². The van der Waals surface area contributed by atoms with Crippen molar-refractivity contribution in [3.05, 3.63) is 44.8 Å². The second-order valence-electron chi connectivity index (χ2n) is 2.90. The van der Waals surface area contributed by atoms with Crippen LogP contribution < -0.4 is 9.80 Å². The second-order valence-corrected chi connectivity index (χ2v) is 2.90. The van der Waals surface area contributed by atoms with Crippen LogP contribution in [-0.4, -0.2) is 32.5 Å². The molecule has 0 atom stereocenters. The molecule has 0 saturated carbocycles. The average molecular weight is 345 g/mol. The smallest absolute Gasteiger partial charge is 0 e. The zero-order chi connectivity index (χ0) is 17.8. The van der Waals surface area contributed by atoms with Crippen LogP contribution in [0.3, 0.4) is 0 Å². The molecule has 0 unspecified atom stereocenters. The molecular weight excluding hydrogens is 333 g/mol. The predicted molar refractivity (Wildman–Crippen MR) is 68.4 cm³/mol. The molecule has 22 heavy (non-hydrogen) atoms. The summed E-state index contributed by atoms with van der Waals surface area (Å²) in [5.41, 5.74) is 0. The molecule has 9 heteroatoms. The van der Waals surface area contributed by atoms with Gasteiger partial charge in [-0.3, -0.25) is 0 Å². The summed E-state index contributed by atoms with van der Waals surface area (Å²) in [5, 5.41) is 0. The maximum absolute atomic E-state index is 10.3. The van der Waals surface area contributed by atoms with Gasteiger partial charge in [-0.2, -0.15) is 0 Å². The van der Waals surface area contributed by atoms with Crippen molar-refractivity contribution in [2.75, 3.05) is 30.9 Å². The minimum atomic E-state index is 0. The quantitative estimate of drug-likeness (QED) is 0.344. The Morgan fingerprint density at radius 2 is 1.27 bits per heavy atom. The summed E-state index contributed by atoms with van der Waals surface area (Å²) >= 11 is 0. The van der Waals surface area contributed by atoms with Crippen LogP contribution in [-0.2, 0) is 40.5 Å². The first-order valence-electron chi connectivity index (χ1n) is 4.72. The second kappa shape index (κ2) is 27.3. The maximum Gasteiger partial charge on any atom is 0 e. The van der Waals surface area contributed by atoms with Gasteiger partial charge in [-0.25, -0.2) is 0 Å². The van der Waals surface area contributed by atoms with Crippen molar-refractivity contribution in [3.63, 3.8) is 0 Å².